The number of carbonyl (C=O) groups is 2. The Morgan fingerprint density at radius 3 is 2.18 bits per heavy atom. The topological polar surface area (TPSA) is 86.6 Å². The SMILES string of the molecule is Cc1cc(C)cc(C(=O)N[C@@H](CO)C(=O)O)c1. The zero-order valence-electron chi connectivity index (χ0n) is 9.73. The highest BCUT2D eigenvalue weighted by molar-refractivity contribution is 5.96. The van der Waals surface area contributed by atoms with Gasteiger partial charge in [-0.3, -0.25) is 4.79 Å². The van der Waals surface area contributed by atoms with Crippen molar-refractivity contribution >= 4 is 11.9 Å². The number of hydrogen-bond donors (Lipinski definition) is 3. The lowest BCUT2D eigenvalue weighted by atomic mass is 10.1. The third-order valence-corrected chi connectivity index (χ3v) is 2.27. The Hall–Kier alpha value is -1.88. The molecule has 0 bridgehead atoms. The van der Waals surface area contributed by atoms with Gasteiger partial charge in [-0.2, -0.15) is 0 Å². The van der Waals surface area contributed by atoms with Crippen LogP contribution in [0.5, 0.6) is 0 Å². The molecule has 17 heavy (non-hydrogen) atoms. The van der Waals surface area contributed by atoms with E-state index >= 15 is 0 Å². The molecular formula is C12H15NO4. The van der Waals surface area contributed by atoms with E-state index in [2.05, 4.69) is 5.32 Å². The van der Waals surface area contributed by atoms with Gasteiger partial charge in [-0.25, -0.2) is 4.79 Å². The van der Waals surface area contributed by atoms with Crippen molar-refractivity contribution in [3.63, 3.8) is 0 Å². The number of aliphatic hydroxyl groups excluding tert-OH is 1. The summed E-state index contributed by atoms with van der Waals surface area (Å²) in [6.45, 7) is 3.07. The third-order valence-electron chi connectivity index (χ3n) is 2.27. The Labute approximate surface area is 99.1 Å². The summed E-state index contributed by atoms with van der Waals surface area (Å²) in [5, 5.41) is 19.8. The Kier molecular flexibility index (Phi) is 4.23. The van der Waals surface area contributed by atoms with Crippen LogP contribution in [0.1, 0.15) is 21.5 Å². The maximum atomic E-state index is 11.7. The minimum Gasteiger partial charge on any atom is -0.480 e. The molecule has 0 aliphatic carbocycles. The molecule has 92 valence electrons. The van der Waals surface area contributed by atoms with E-state index in [-0.39, 0.29) is 0 Å². The van der Waals surface area contributed by atoms with E-state index in [0.29, 0.717) is 5.56 Å². The summed E-state index contributed by atoms with van der Waals surface area (Å²) in [6, 6.07) is 3.97. The highest BCUT2D eigenvalue weighted by atomic mass is 16.4. The van der Waals surface area contributed by atoms with E-state index in [9.17, 15) is 9.59 Å². The summed E-state index contributed by atoms with van der Waals surface area (Å²) < 4.78 is 0. The summed E-state index contributed by atoms with van der Waals surface area (Å²) in [5.41, 5.74) is 2.24. The molecule has 1 atom stereocenters. The summed E-state index contributed by atoms with van der Waals surface area (Å²) in [6.07, 6.45) is 0. The number of carbonyl (C=O) groups excluding carboxylic acids is 1. The van der Waals surface area contributed by atoms with Crippen molar-refractivity contribution in [1.82, 2.24) is 5.32 Å². The molecule has 3 N–H and O–H groups in total. The number of nitrogens with one attached hydrogen (secondary N) is 1. The van der Waals surface area contributed by atoms with Crippen molar-refractivity contribution in [3.05, 3.63) is 34.9 Å². The highest BCUT2D eigenvalue weighted by Gasteiger charge is 2.19. The van der Waals surface area contributed by atoms with Crippen molar-refractivity contribution in [2.45, 2.75) is 19.9 Å². The van der Waals surface area contributed by atoms with Gasteiger partial charge in [0.25, 0.3) is 5.91 Å². The first-order chi connectivity index (χ1) is 7.93. The van der Waals surface area contributed by atoms with Crippen LogP contribution in [0.15, 0.2) is 18.2 Å². The molecule has 0 aliphatic heterocycles. The Morgan fingerprint density at radius 1 is 1.24 bits per heavy atom. The van der Waals surface area contributed by atoms with E-state index in [1.54, 1.807) is 12.1 Å². The average molecular weight is 237 g/mol. The Morgan fingerprint density at radius 2 is 1.76 bits per heavy atom. The number of hydrogen-bond acceptors (Lipinski definition) is 3. The van der Waals surface area contributed by atoms with Gasteiger partial charge >= 0.3 is 5.97 Å². The summed E-state index contributed by atoms with van der Waals surface area (Å²) >= 11 is 0. The van der Waals surface area contributed by atoms with Crippen LogP contribution < -0.4 is 5.32 Å². The lowest BCUT2D eigenvalue weighted by Crippen LogP contribution is -2.43. The first-order valence-corrected chi connectivity index (χ1v) is 5.17. The van der Waals surface area contributed by atoms with Gasteiger partial charge in [0, 0.05) is 5.56 Å². The number of rotatable bonds is 4. The Balaban J connectivity index is 2.86. The van der Waals surface area contributed by atoms with E-state index in [4.69, 9.17) is 10.2 Å². The zero-order valence-corrected chi connectivity index (χ0v) is 9.73. The van der Waals surface area contributed by atoms with E-state index < -0.39 is 24.5 Å². The molecule has 5 heteroatoms. The zero-order chi connectivity index (χ0) is 13.0. The predicted molar refractivity (Wildman–Crippen MR) is 61.9 cm³/mol. The molecule has 5 nitrogen and oxygen atoms in total. The van der Waals surface area contributed by atoms with Gasteiger partial charge in [-0.05, 0) is 26.0 Å². The molecule has 0 fully saturated rings. The monoisotopic (exact) mass is 237 g/mol. The summed E-state index contributed by atoms with van der Waals surface area (Å²) in [5.74, 6) is -1.76. The normalized spacial score (nSPS) is 11.9. The quantitative estimate of drug-likeness (QED) is 0.710. The van der Waals surface area contributed by atoms with Crippen LogP contribution in [0.4, 0.5) is 0 Å². The second-order valence-electron chi connectivity index (χ2n) is 3.92. The molecule has 0 radical (unpaired) electrons. The first-order valence-electron chi connectivity index (χ1n) is 5.17. The van der Waals surface area contributed by atoms with Gasteiger partial charge in [-0.1, -0.05) is 17.2 Å². The van der Waals surface area contributed by atoms with Crippen LogP contribution in [0.25, 0.3) is 0 Å². The van der Waals surface area contributed by atoms with Crippen molar-refractivity contribution in [3.8, 4) is 0 Å². The summed E-state index contributed by atoms with van der Waals surface area (Å²) in [7, 11) is 0. The van der Waals surface area contributed by atoms with Gasteiger partial charge in [0.2, 0.25) is 0 Å². The summed E-state index contributed by atoms with van der Waals surface area (Å²) in [4.78, 5) is 22.4. The fourth-order valence-corrected chi connectivity index (χ4v) is 1.53. The predicted octanol–water partition coefficient (Wildman–Crippen LogP) is 0.479. The molecule has 1 aromatic rings. The highest BCUT2D eigenvalue weighted by Crippen LogP contribution is 2.08. The fraction of sp³-hybridized carbons (Fsp3) is 0.333. The molecule has 1 amide bonds. The molecule has 0 unspecified atom stereocenters. The lowest BCUT2D eigenvalue weighted by molar-refractivity contribution is -0.140. The van der Waals surface area contributed by atoms with Gasteiger partial charge in [0.1, 0.15) is 0 Å². The van der Waals surface area contributed by atoms with Crippen molar-refractivity contribution in [2.24, 2.45) is 0 Å². The van der Waals surface area contributed by atoms with Gasteiger partial charge in [0.05, 0.1) is 6.61 Å². The van der Waals surface area contributed by atoms with Crippen LogP contribution in [0.2, 0.25) is 0 Å². The molecule has 0 saturated carbocycles. The molecule has 0 saturated heterocycles. The number of carboxylic acids is 1. The number of aliphatic hydroxyl groups is 1. The van der Waals surface area contributed by atoms with Gasteiger partial charge < -0.3 is 15.5 Å². The van der Waals surface area contributed by atoms with Crippen LogP contribution in [0.3, 0.4) is 0 Å². The molecule has 0 aromatic heterocycles. The van der Waals surface area contributed by atoms with Crippen LogP contribution in [-0.4, -0.2) is 34.7 Å². The molecular weight excluding hydrogens is 222 g/mol. The maximum Gasteiger partial charge on any atom is 0.328 e. The van der Waals surface area contributed by atoms with Crippen molar-refractivity contribution < 1.29 is 19.8 Å². The number of aliphatic carboxylic acids is 1. The molecule has 0 heterocycles. The second-order valence-corrected chi connectivity index (χ2v) is 3.92. The van der Waals surface area contributed by atoms with Crippen LogP contribution in [0, 0.1) is 13.8 Å². The maximum absolute atomic E-state index is 11.7. The standard InChI is InChI=1S/C12H15NO4/c1-7-3-8(2)5-9(4-7)11(15)13-10(6-14)12(16)17/h3-5,10,14H,6H2,1-2H3,(H,13,15)(H,16,17)/t10-/m0/s1. The second kappa shape index (κ2) is 5.45. The van der Waals surface area contributed by atoms with Crippen molar-refractivity contribution in [1.29, 1.82) is 0 Å². The molecule has 1 aromatic carbocycles. The van der Waals surface area contributed by atoms with E-state index in [1.807, 2.05) is 19.9 Å². The van der Waals surface area contributed by atoms with Crippen molar-refractivity contribution in [2.75, 3.05) is 6.61 Å². The number of amides is 1. The average Bonchev–Trinajstić information content (AvgIpc) is 2.23. The fourth-order valence-electron chi connectivity index (χ4n) is 1.53. The van der Waals surface area contributed by atoms with Gasteiger partial charge in [0.15, 0.2) is 6.04 Å². The lowest BCUT2D eigenvalue weighted by Gasteiger charge is -2.12. The molecule has 0 spiro atoms. The smallest absolute Gasteiger partial charge is 0.328 e. The number of carboxylic acid groups (broad SMARTS) is 1. The largest absolute Gasteiger partial charge is 0.480 e. The minimum absolute atomic E-state index is 0.391. The van der Waals surface area contributed by atoms with Crippen LogP contribution in [-0.2, 0) is 4.79 Å². The minimum atomic E-state index is -1.27. The Bertz CT molecular complexity index is 422. The number of aryl methyl sites for hydroxylation is 2. The van der Waals surface area contributed by atoms with Gasteiger partial charge in [-0.15, -0.1) is 0 Å². The third kappa shape index (κ3) is 3.57. The first kappa shape index (κ1) is 13.2. The number of benzene rings is 1. The molecule has 0 aliphatic rings. The molecule has 1 rings (SSSR count). The van der Waals surface area contributed by atoms with Crippen LogP contribution >= 0.6 is 0 Å². The van der Waals surface area contributed by atoms with E-state index in [0.717, 1.165) is 11.1 Å². The van der Waals surface area contributed by atoms with E-state index in [1.165, 1.54) is 0 Å².